The van der Waals surface area contributed by atoms with Crippen molar-refractivity contribution >= 4 is 5.91 Å². The lowest BCUT2D eigenvalue weighted by Gasteiger charge is -2.50. The van der Waals surface area contributed by atoms with Gasteiger partial charge in [-0.2, -0.15) is 5.26 Å². The van der Waals surface area contributed by atoms with Crippen molar-refractivity contribution in [2.24, 2.45) is 41.4 Å². The maximum absolute atomic E-state index is 11.7. The number of fused-ring (bicyclic) bond motifs is 3. The minimum absolute atomic E-state index is 0.101. The fourth-order valence-corrected chi connectivity index (χ4v) is 9.83. The van der Waals surface area contributed by atoms with Crippen LogP contribution in [0, 0.1) is 52.8 Å². The lowest BCUT2D eigenvalue weighted by atomic mass is 9.61. The molecule has 3 aliphatic heterocycles. The van der Waals surface area contributed by atoms with Crippen LogP contribution in [0.4, 0.5) is 0 Å². The molecule has 0 bridgehead atoms. The van der Waals surface area contributed by atoms with Gasteiger partial charge < -0.3 is 16.0 Å². The van der Waals surface area contributed by atoms with E-state index in [1.165, 1.54) is 70.8 Å². The van der Waals surface area contributed by atoms with Gasteiger partial charge in [-0.1, -0.05) is 19.3 Å². The summed E-state index contributed by atoms with van der Waals surface area (Å²) in [7, 11) is 0. The van der Waals surface area contributed by atoms with Crippen molar-refractivity contribution in [3.8, 4) is 6.07 Å². The number of piperidine rings is 2. The lowest BCUT2D eigenvalue weighted by molar-refractivity contribution is -0.119. The summed E-state index contributed by atoms with van der Waals surface area (Å²) in [4.78, 5) is 11.7. The van der Waals surface area contributed by atoms with Crippen LogP contribution in [-0.4, -0.2) is 61.3 Å². The van der Waals surface area contributed by atoms with E-state index in [4.69, 9.17) is 0 Å². The second-order valence-corrected chi connectivity index (χ2v) is 14.0. The maximum Gasteiger partial charge on any atom is 0.217 e. The minimum atomic E-state index is 0.101. The van der Waals surface area contributed by atoms with Crippen LogP contribution in [0.3, 0.4) is 0 Å². The van der Waals surface area contributed by atoms with E-state index in [2.05, 4.69) is 32.5 Å². The van der Waals surface area contributed by atoms with Gasteiger partial charge in [0.25, 0.3) is 0 Å². The molecule has 3 saturated heterocycles. The monoisotopic (exact) mass is 524 g/mol. The van der Waals surface area contributed by atoms with Crippen molar-refractivity contribution in [3.63, 3.8) is 0 Å². The van der Waals surface area contributed by atoms with Crippen LogP contribution in [0.15, 0.2) is 0 Å². The van der Waals surface area contributed by atoms with E-state index >= 15 is 0 Å². The quantitative estimate of drug-likeness (QED) is 0.440. The molecule has 8 atom stereocenters. The van der Waals surface area contributed by atoms with Gasteiger partial charge in [-0.3, -0.25) is 10.2 Å². The number of nitrogens with one attached hydrogen (secondary N) is 4. The average molecular weight is 525 g/mol. The van der Waals surface area contributed by atoms with Gasteiger partial charge in [0.2, 0.25) is 5.91 Å². The van der Waals surface area contributed by atoms with E-state index in [0.717, 1.165) is 62.6 Å². The van der Waals surface area contributed by atoms with Crippen LogP contribution >= 0.6 is 0 Å². The van der Waals surface area contributed by atoms with Crippen molar-refractivity contribution in [2.75, 3.05) is 26.2 Å². The van der Waals surface area contributed by atoms with Gasteiger partial charge in [0, 0.05) is 56.6 Å². The van der Waals surface area contributed by atoms with Crippen molar-refractivity contribution < 1.29 is 4.79 Å². The van der Waals surface area contributed by atoms with Gasteiger partial charge in [0.15, 0.2) is 0 Å². The molecule has 4 N–H and O–H groups in total. The van der Waals surface area contributed by atoms with Crippen LogP contribution < -0.4 is 21.4 Å². The zero-order valence-electron chi connectivity index (χ0n) is 23.7. The first-order chi connectivity index (χ1) is 18.6. The first-order valence-electron chi connectivity index (χ1n) is 16.2. The van der Waals surface area contributed by atoms with E-state index in [-0.39, 0.29) is 17.9 Å². The number of carbonyl (C=O) groups excluding carboxylic acids is 1. The molecular weight excluding hydrogens is 472 g/mol. The first kappa shape index (κ1) is 27.0. The second kappa shape index (κ2) is 12.1. The third-order valence-corrected chi connectivity index (χ3v) is 11.7. The number of hydrogen-bond donors (Lipinski definition) is 4. The zero-order chi connectivity index (χ0) is 26.1. The SMILES string of the molecule is CC(=O)NC1CNCC(C2CCC3NCC4C(C3C2)C(C2CCC(C#N)CC2)NN4CC2CCCCC2)C1. The molecule has 6 fully saturated rings. The van der Waals surface area contributed by atoms with Gasteiger partial charge in [-0.05, 0) is 106 Å². The van der Waals surface area contributed by atoms with Gasteiger partial charge in [-0.25, -0.2) is 5.01 Å². The van der Waals surface area contributed by atoms with Crippen molar-refractivity contribution in [2.45, 2.75) is 115 Å². The molecular formula is C31H52N6O. The van der Waals surface area contributed by atoms with Gasteiger partial charge in [-0.15, -0.1) is 0 Å². The van der Waals surface area contributed by atoms with Crippen LogP contribution in [-0.2, 0) is 4.79 Å². The maximum atomic E-state index is 11.7. The molecule has 0 aromatic heterocycles. The summed E-state index contributed by atoms with van der Waals surface area (Å²) >= 11 is 0. The Morgan fingerprint density at radius 2 is 1.71 bits per heavy atom. The molecule has 0 spiro atoms. The summed E-state index contributed by atoms with van der Waals surface area (Å²) in [5, 5.41) is 23.1. The summed E-state index contributed by atoms with van der Waals surface area (Å²) in [6.45, 7) is 6.02. The molecule has 3 saturated carbocycles. The van der Waals surface area contributed by atoms with E-state index in [9.17, 15) is 10.1 Å². The molecule has 6 rings (SSSR count). The van der Waals surface area contributed by atoms with Crippen molar-refractivity contribution in [1.82, 2.24) is 26.4 Å². The average Bonchev–Trinajstić information content (AvgIpc) is 3.32. The standard InChI is InChI=1S/C31H52N6O/c1-20(38)35-26-13-25(16-33-17-26)24-11-12-28-27(14-24)30-29(18-34-28)37(19-22-5-3-2-4-6-22)36-31(30)23-9-7-21(15-32)8-10-23/h21-31,33-34,36H,2-14,16-19H2,1H3,(H,35,38). The molecule has 7 nitrogen and oxygen atoms in total. The minimum Gasteiger partial charge on any atom is -0.352 e. The van der Waals surface area contributed by atoms with E-state index in [0.29, 0.717) is 30.0 Å². The molecule has 212 valence electrons. The summed E-state index contributed by atoms with van der Waals surface area (Å²) in [6, 6.07) is 4.68. The molecule has 0 aromatic carbocycles. The summed E-state index contributed by atoms with van der Waals surface area (Å²) in [5.41, 5.74) is 4.19. The third kappa shape index (κ3) is 5.80. The molecule has 8 unspecified atom stereocenters. The van der Waals surface area contributed by atoms with Crippen molar-refractivity contribution in [3.05, 3.63) is 0 Å². The molecule has 38 heavy (non-hydrogen) atoms. The number of rotatable bonds is 5. The molecule has 0 aromatic rings. The van der Waals surface area contributed by atoms with E-state index in [1.807, 2.05) is 0 Å². The Bertz CT molecular complexity index is 846. The molecule has 3 aliphatic carbocycles. The number of hydrazine groups is 1. The highest BCUT2D eigenvalue weighted by Gasteiger charge is 2.54. The Morgan fingerprint density at radius 3 is 2.47 bits per heavy atom. The molecule has 7 heteroatoms. The van der Waals surface area contributed by atoms with Gasteiger partial charge >= 0.3 is 0 Å². The highest BCUT2D eigenvalue weighted by molar-refractivity contribution is 5.73. The van der Waals surface area contributed by atoms with Crippen LogP contribution in [0.25, 0.3) is 0 Å². The molecule has 6 aliphatic rings. The largest absolute Gasteiger partial charge is 0.352 e. The predicted molar refractivity (Wildman–Crippen MR) is 150 cm³/mol. The van der Waals surface area contributed by atoms with Crippen LogP contribution in [0.1, 0.15) is 90.4 Å². The Balaban J connectivity index is 1.18. The van der Waals surface area contributed by atoms with Crippen LogP contribution in [0.5, 0.6) is 0 Å². The van der Waals surface area contributed by atoms with E-state index < -0.39 is 0 Å². The normalized spacial score (nSPS) is 44.5. The molecule has 3 heterocycles. The molecule has 0 radical (unpaired) electrons. The topological polar surface area (TPSA) is 92.2 Å². The summed E-state index contributed by atoms with van der Waals surface area (Å²) in [5.74, 6) is 4.81. The summed E-state index contributed by atoms with van der Waals surface area (Å²) in [6.07, 6.45) is 16.7. The smallest absolute Gasteiger partial charge is 0.217 e. The Kier molecular flexibility index (Phi) is 8.61. The zero-order valence-corrected chi connectivity index (χ0v) is 23.7. The van der Waals surface area contributed by atoms with Gasteiger partial charge in [0.1, 0.15) is 0 Å². The Labute approximate surface area is 230 Å². The highest BCUT2D eigenvalue weighted by Crippen LogP contribution is 2.48. The number of amides is 1. The number of nitrogens with zero attached hydrogens (tertiary/aromatic N) is 2. The second-order valence-electron chi connectivity index (χ2n) is 14.0. The number of carbonyl (C=O) groups is 1. The van der Waals surface area contributed by atoms with E-state index in [1.54, 1.807) is 6.92 Å². The number of hydrogen-bond acceptors (Lipinski definition) is 6. The summed E-state index contributed by atoms with van der Waals surface area (Å²) < 4.78 is 0. The predicted octanol–water partition coefficient (Wildman–Crippen LogP) is 3.57. The fraction of sp³-hybridized carbons (Fsp3) is 0.935. The molecule has 1 amide bonds. The number of nitriles is 1. The van der Waals surface area contributed by atoms with Crippen molar-refractivity contribution in [1.29, 1.82) is 5.26 Å². The van der Waals surface area contributed by atoms with Gasteiger partial charge in [0.05, 0.1) is 6.07 Å². The van der Waals surface area contributed by atoms with Crippen LogP contribution in [0.2, 0.25) is 0 Å². The Hall–Kier alpha value is -1.20. The third-order valence-electron chi connectivity index (χ3n) is 11.7. The lowest BCUT2D eigenvalue weighted by Crippen LogP contribution is -2.60. The fourth-order valence-electron chi connectivity index (χ4n) is 9.83. The Morgan fingerprint density at radius 1 is 0.921 bits per heavy atom. The first-order valence-corrected chi connectivity index (χ1v) is 16.2. The highest BCUT2D eigenvalue weighted by atomic mass is 16.1.